The Labute approximate surface area is 116 Å². The first-order chi connectivity index (χ1) is 9.95. The summed E-state index contributed by atoms with van der Waals surface area (Å²) in [6.45, 7) is -0.461. The average molecular weight is 298 g/mol. The lowest BCUT2D eigenvalue weighted by Crippen LogP contribution is -2.33. The smallest absolute Gasteiger partial charge is 0.259 e. The number of aliphatic hydroxyl groups excluding tert-OH is 3. The minimum absolute atomic E-state index is 0.109. The van der Waals surface area contributed by atoms with Crippen LogP contribution >= 0.6 is 0 Å². The van der Waals surface area contributed by atoms with Crippen LogP contribution in [0.4, 0.5) is 5.82 Å². The zero-order chi connectivity index (χ0) is 15.3. The van der Waals surface area contributed by atoms with E-state index in [2.05, 4.69) is 9.97 Å². The highest BCUT2D eigenvalue weighted by Gasteiger charge is 2.44. The van der Waals surface area contributed by atoms with Gasteiger partial charge in [0.05, 0.1) is 12.9 Å². The number of anilines is 1. The molecule has 0 unspecified atom stereocenters. The maximum atomic E-state index is 9.99. The van der Waals surface area contributed by atoms with E-state index in [1.54, 1.807) is 0 Å². The number of rotatable bonds is 2. The molecule has 7 N–H and O–H groups in total. The highest BCUT2D eigenvalue weighted by atomic mass is 16.6. The van der Waals surface area contributed by atoms with E-state index in [4.69, 9.17) is 21.0 Å². The van der Waals surface area contributed by atoms with Gasteiger partial charge in [0.1, 0.15) is 18.3 Å². The van der Waals surface area contributed by atoms with Gasteiger partial charge in [0, 0.05) is 0 Å². The van der Waals surface area contributed by atoms with Gasteiger partial charge in [-0.05, 0) is 0 Å². The minimum atomic E-state index is -1.31. The number of aliphatic hydroxyl groups is 3. The Morgan fingerprint density at radius 3 is 2.71 bits per heavy atom. The summed E-state index contributed by atoms with van der Waals surface area (Å²) < 4.78 is 7.02. The van der Waals surface area contributed by atoms with Crippen molar-refractivity contribution in [1.29, 1.82) is 5.41 Å². The molecule has 21 heavy (non-hydrogen) atoms. The van der Waals surface area contributed by atoms with E-state index in [1.165, 1.54) is 10.9 Å². The third-order valence-electron chi connectivity index (χ3n) is 3.44. The third kappa shape index (κ3) is 1.86. The largest absolute Gasteiger partial charge is 0.423 e. The van der Waals surface area contributed by atoms with Gasteiger partial charge in [-0.15, -0.1) is 4.73 Å². The predicted molar refractivity (Wildman–Crippen MR) is 66.0 cm³/mol. The van der Waals surface area contributed by atoms with Crippen LogP contribution in [0.15, 0.2) is 6.33 Å². The van der Waals surface area contributed by atoms with Gasteiger partial charge < -0.3 is 31.0 Å². The van der Waals surface area contributed by atoms with Crippen LogP contribution in [0.25, 0.3) is 11.2 Å². The number of nitrogens with two attached hydrogens (primary N) is 1. The number of aromatic nitrogens is 4. The normalized spacial score (nSPS) is 29.3. The van der Waals surface area contributed by atoms with Crippen molar-refractivity contribution in [2.45, 2.75) is 24.5 Å². The molecule has 0 bridgehead atoms. The number of hydrogen-bond donors (Lipinski definition) is 6. The monoisotopic (exact) mass is 298 g/mol. The Bertz CT molecular complexity index is 741. The van der Waals surface area contributed by atoms with Crippen molar-refractivity contribution in [3.63, 3.8) is 0 Å². The van der Waals surface area contributed by atoms with Gasteiger partial charge >= 0.3 is 0 Å². The molecule has 1 aliphatic rings. The Morgan fingerprint density at radius 1 is 1.38 bits per heavy atom. The topological polar surface area (TPSA) is 176 Å². The summed E-state index contributed by atoms with van der Waals surface area (Å²) in [5, 5.41) is 45.8. The Balaban J connectivity index is 2.12. The quantitative estimate of drug-likeness (QED) is 0.321. The molecule has 0 aliphatic carbocycles. The lowest BCUT2D eigenvalue weighted by atomic mass is 10.1. The summed E-state index contributed by atoms with van der Waals surface area (Å²) in [5.41, 5.74) is 5.34. The fraction of sp³-hybridized carbons (Fsp3) is 0.500. The third-order valence-corrected chi connectivity index (χ3v) is 3.44. The van der Waals surface area contributed by atoms with Crippen molar-refractivity contribution in [1.82, 2.24) is 19.3 Å². The van der Waals surface area contributed by atoms with Gasteiger partial charge in [-0.1, -0.05) is 0 Å². The number of fused-ring (bicyclic) bond motifs is 1. The number of nitrogen functional groups attached to an aromatic ring is 1. The predicted octanol–water partition coefficient (Wildman–Crippen LogP) is -2.86. The number of nitrogens with zero attached hydrogens (tertiary/aromatic N) is 4. The summed E-state index contributed by atoms with van der Waals surface area (Å²) in [6.07, 6.45) is -3.30. The molecule has 3 heterocycles. The number of nitrogens with one attached hydrogen (secondary N) is 1. The van der Waals surface area contributed by atoms with Crippen molar-refractivity contribution < 1.29 is 25.3 Å². The second-order valence-corrected chi connectivity index (χ2v) is 4.69. The SMILES string of the molecule is N=c1nc2c(ncn2[C@@H]2O[C@H](CO)[C@@H](O)[C@H]2O)c(N)n1O. The molecular formula is C10H14N6O5. The summed E-state index contributed by atoms with van der Waals surface area (Å²) in [4.78, 5) is 7.77. The van der Waals surface area contributed by atoms with E-state index in [9.17, 15) is 15.4 Å². The molecule has 3 rings (SSSR count). The lowest BCUT2D eigenvalue weighted by molar-refractivity contribution is -0.0511. The summed E-state index contributed by atoms with van der Waals surface area (Å²) >= 11 is 0. The molecule has 0 amide bonds. The maximum absolute atomic E-state index is 9.99. The number of hydrogen-bond acceptors (Lipinski definition) is 9. The van der Waals surface area contributed by atoms with Crippen LogP contribution in [0.3, 0.4) is 0 Å². The molecule has 2 aromatic rings. The van der Waals surface area contributed by atoms with Gasteiger partial charge in [0.2, 0.25) is 0 Å². The van der Waals surface area contributed by atoms with Crippen LogP contribution in [-0.4, -0.2) is 64.7 Å². The molecule has 0 spiro atoms. The molecular weight excluding hydrogens is 284 g/mol. The Kier molecular flexibility index (Phi) is 3.06. The van der Waals surface area contributed by atoms with Gasteiger partial charge in [0.25, 0.3) is 5.62 Å². The van der Waals surface area contributed by atoms with Crippen molar-refractivity contribution in [2.75, 3.05) is 12.3 Å². The second-order valence-electron chi connectivity index (χ2n) is 4.69. The summed E-state index contributed by atoms with van der Waals surface area (Å²) in [6, 6.07) is 0. The molecule has 4 atom stereocenters. The molecule has 0 radical (unpaired) electrons. The zero-order valence-electron chi connectivity index (χ0n) is 10.7. The maximum Gasteiger partial charge on any atom is 0.259 e. The van der Waals surface area contributed by atoms with Crippen LogP contribution in [0.5, 0.6) is 0 Å². The molecule has 1 saturated heterocycles. The van der Waals surface area contributed by atoms with E-state index in [0.717, 1.165) is 0 Å². The lowest BCUT2D eigenvalue weighted by Gasteiger charge is -2.16. The minimum Gasteiger partial charge on any atom is -0.423 e. The number of imidazole rings is 1. The Hall–Kier alpha value is -2.21. The molecule has 11 nitrogen and oxygen atoms in total. The van der Waals surface area contributed by atoms with Crippen LogP contribution in [0.2, 0.25) is 0 Å². The van der Waals surface area contributed by atoms with Crippen LogP contribution in [-0.2, 0) is 4.74 Å². The summed E-state index contributed by atoms with van der Waals surface area (Å²) in [5.74, 6) is -0.185. The Morgan fingerprint density at radius 2 is 2.10 bits per heavy atom. The average Bonchev–Trinajstić information content (AvgIpc) is 2.99. The van der Waals surface area contributed by atoms with Crippen molar-refractivity contribution >= 4 is 17.0 Å². The van der Waals surface area contributed by atoms with E-state index < -0.39 is 36.8 Å². The van der Waals surface area contributed by atoms with E-state index in [-0.39, 0.29) is 17.0 Å². The standard InChI is InChI=1S/C10H14N6O5/c11-7-4-8(14-10(12)16(7)20)15(2-13-4)9-6(19)5(18)3(1-17)21-9/h2-3,5-6,9,12,17-20H,1,11H2/t3-,5-,6-,9-/m1/s1. The van der Waals surface area contributed by atoms with Gasteiger partial charge in [-0.2, -0.15) is 4.98 Å². The fourth-order valence-electron chi connectivity index (χ4n) is 2.30. The first-order valence-electron chi connectivity index (χ1n) is 6.07. The first kappa shape index (κ1) is 13.8. The van der Waals surface area contributed by atoms with Crippen molar-refractivity contribution in [3.8, 4) is 0 Å². The molecule has 2 aromatic heterocycles. The number of ether oxygens (including phenoxy) is 1. The van der Waals surface area contributed by atoms with Crippen LogP contribution in [0.1, 0.15) is 6.23 Å². The van der Waals surface area contributed by atoms with E-state index in [0.29, 0.717) is 4.73 Å². The molecule has 0 saturated carbocycles. The van der Waals surface area contributed by atoms with E-state index in [1.807, 2.05) is 0 Å². The second kappa shape index (κ2) is 4.66. The van der Waals surface area contributed by atoms with Gasteiger partial charge in [-0.25, -0.2) is 4.98 Å². The van der Waals surface area contributed by atoms with Crippen LogP contribution in [0, 0.1) is 5.41 Å². The van der Waals surface area contributed by atoms with Gasteiger partial charge in [-0.3, -0.25) is 9.98 Å². The zero-order valence-corrected chi connectivity index (χ0v) is 10.7. The highest BCUT2D eigenvalue weighted by molar-refractivity contribution is 5.81. The fourth-order valence-corrected chi connectivity index (χ4v) is 2.30. The summed E-state index contributed by atoms with van der Waals surface area (Å²) in [7, 11) is 0. The van der Waals surface area contributed by atoms with Crippen molar-refractivity contribution in [2.24, 2.45) is 0 Å². The molecule has 11 heteroatoms. The first-order valence-corrected chi connectivity index (χ1v) is 6.07. The van der Waals surface area contributed by atoms with Crippen molar-refractivity contribution in [3.05, 3.63) is 11.9 Å². The van der Waals surface area contributed by atoms with Crippen LogP contribution < -0.4 is 11.4 Å². The highest BCUT2D eigenvalue weighted by Crippen LogP contribution is 2.31. The molecule has 1 aliphatic heterocycles. The molecule has 114 valence electrons. The van der Waals surface area contributed by atoms with Gasteiger partial charge in [0.15, 0.2) is 23.2 Å². The molecule has 1 fully saturated rings. The van der Waals surface area contributed by atoms with E-state index >= 15 is 0 Å². The molecule has 0 aromatic carbocycles.